The first-order valence-electron chi connectivity index (χ1n) is 6.64. The van der Waals surface area contributed by atoms with Crippen molar-refractivity contribution in [1.82, 2.24) is 9.71 Å². The van der Waals surface area contributed by atoms with Gasteiger partial charge in [-0.1, -0.05) is 12.1 Å². The number of hydrogen-bond donors (Lipinski definition) is 2. The van der Waals surface area contributed by atoms with Crippen LogP contribution in [0.1, 0.15) is 6.92 Å². The Balaban J connectivity index is 2.25. The van der Waals surface area contributed by atoms with Gasteiger partial charge in [-0.05, 0) is 35.4 Å². The number of pyridine rings is 2. The summed E-state index contributed by atoms with van der Waals surface area (Å²) in [5.74, 6) is -0.172. The van der Waals surface area contributed by atoms with Crippen LogP contribution >= 0.6 is 0 Å². The van der Waals surface area contributed by atoms with E-state index in [0.717, 1.165) is 5.56 Å². The van der Waals surface area contributed by atoms with Crippen LogP contribution in [0.3, 0.4) is 0 Å². The highest BCUT2D eigenvalue weighted by Crippen LogP contribution is 2.27. The molecule has 110 valence electrons. The lowest BCUT2D eigenvalue weighted by Gasteiger charge is -2.10. The van der Waals surface area contributed by atoms with Crippen LogP contribution in [0.4, 0.5) is 5.69 Å². The number of nitrogens with zero attached hydrogens (tertiary/aromatic N) is 2. The zero-order valence-corrected chi connectivity index (χ0v) is 11.8. The van der Waals surface area contributed by atoms with Crippen molar-refractivity contribution in [1.29, 1.82) is 0 Å². The molecule has 2 heterocycles. The molecule has 1 aromatic carbocycles. The number of nitrogens with one attached hydrogen (secondary N) is 1. The highest BCUT2D eigenvalue weighted by Gasteiger charge is 2.11. The predicted molar refractivity (Wildman–Crippen MR) is 82.9 cm³/mol. The minimum Gasteiger partial charge on any atom is -0.423 e. The highest BCUT2D eigenvalue weighted by atomic mass is 16.5. The molecule has 0 aliphatic rings. The van der Waals surface area contributed by atoms with Crippen LogP contribution in [0.5, 0.6) is 0 Å². The van der Waals surface area contributed by atoms with Crippen LogP contribution < -0.4 is 10.9 Å². The smallest absolute Gasteiger partial charge is 0.285 e. The van der Waals surface area contributed by atoms with Gasteiger partial charge in [-0.15, -0.1) is 4.73 Å². The van der Waals surface area contributed by atoms with Crippen molar-refractivity contribution in [2.75, 3.05) is 5.32 Å². The van der Waals surface area contributed by atoms with E-state index in [1.165, 1.54) is 19.2 Å². The van der Waals surface area contributed by atoms with Crippen LogP contribution in [0, 0.1) is 0 Å². The van der Waals surface area contributed by atoms with Crippen LogP contribution in [0.25, 0.3) is 22.2 Å². The minimum absolute atomic E-state index is 0.172. The number of amides is 1. The molecule has 6 heteroatoms. The van der Waals surface area contributed by atoms with Crippen LogP contribution in [-0.2, 0) is 4.79 Å². The SMILES string of the molecule is CC(=O)Nc1cccc(-c2cc(=O)n(O)c3ncccc23)c1. The highest BCUT2D eigenvalue weighted by molar-refractivity contribution is 5.94. The summed E-state index contributed by atoms with van der Waals surface area (Å²) in [5, 5.41) is 13.1. The van der Waals surface area contributed by atoms with Crippen molar-refractivity contribution in [2.24, 2.45) is 0 Å². The van der Waals surface area contributed by atoms with Crippen molar-refractivity contribution >= 4 is 22.6 Å². The molecular formula is C16H13N3O3. The maximum Gasteiger partial charge on any atom is 0.285 e. The predicted octanol–water partition coefficient (Wildman–Crippen LogP) is 2.26. The first-order valence-corrected chi connectivity index (χ1v) is 6.64. The fourth-order valence-electron chi connectivity index (χ4n) is 2.35. The number of aromatic nitrogens is 2. The summed E-state index contributed by atoms with van der Waals surface area (Å²) in [4.78, 5) is 27.1. The zero-order chi connectivity index (χ0) is 15.7. The summed E-state index contributed by atoms with van der Waals surface area (Å²) in [6.07, 6.45) is 1.51. The first-order chi connectivity index (χ1) is 10.6. The van der Waals surface area contributed by atoms with Crippen LogP contribution in [0.15, 0.2) is 53.5 Å². The quantitative estimate of drug-likeness (QED) is 0.710. The molecule has 2 aromatic heterocycles. The lowest BCUT2D eigenvalue weighted by molar-refractivity contribution is -0.114. The standard InChI is InChI=1S/C16H13N3O3/c1-10(20)18-12-5-2-4-11(8-12)14-9-15(21)19(22)16-13(14)6-3-7-17-16/h2-9,22H,1H3,(H,18,20). The van der Waals surface area contributed by atoms with Crippen LogP contribution in [-0.4, -0.2) is 20.8 Å². The minimum atomic E-state index is -0.564. The van der Waals surface area contributed by atoms with E-state index in [4.69, 9.17) is 0 Å². The average molecular weight is 295 g/mol. The molecule has 6 nitrogen and oxygen atoms in total. The molecule has 1 amide bonds. The second-order valence-corrected chi connectivity index (χ2v) is 4.84. The van der Waals surface area contributed by atoms with Gasteiger partial charge in [-0.2, -0.15) is 0 Å². The Hall–Kier alpha value is -3.15. The van der Waals surface area contributed by atoms with E-state index < -0.39 is 5.56 Å². The van der Waals surface area contributed by atoms with E-state index in [9.17, 15) is 14.8 Å². The topological polar surface area (TPSA) is 84.2 Å². The molecular weight excluding hydrogens is 282 g/mol. The maximum atomic E-state index is 11.9. The van der Waals surface area contributed by atoms with E-state index in [1.54, 1.807) is 30.3 Å². The van der Waals surface area contributed by atoms with Crippen molar-refractivity contribution in [2.45, 2.75) is 6.92 Å². The number of fused-ring (bicyclic) bond motifs is 1. The third-order valence-corrected chi connectivity index (χ3v) is 3.25. The van der Waals surface area contributed by atoms with Gasteiger partial charge in [-0.25, -0.2) is 4.98 Å². The molecule has 2 N–H and O–H groups in total. The van der Waals surface area contributed by atoms with Gasteiger partial charge in [-0.3, -0.25) is 9.59 Å². The first kappa shape index (κ1) is 13.8. The van der Waals surface area contributed by atoms with Crippen LogP contribution in [0.2, 0.25) is 0 Å². The van der Waals surface area contributed by atoms with Gasteiger partial charge in [0.15, 0.2) is 5.65 Å². The largest absolute Gasteiger partial charge is 0.423 e. The summed E-state index contributed by atoms with van der Waals surface area (Å²) < 4.78 is 0.524. The number of carbonyl (C=O) groups excluding carboxylic acids is 1. The van der Waals surface area contributed by atoms with Crippen molar-refractivity contribution in [3.05, 3.63) is 59.0 Å². The van der Waals surface area contributed by atoms with Gasteiger partial charge in [0.2, 0.25) is 5.91 Å². The Kier molecular flexibility index (Phi) is 3.34. The summed E-state index contributed by atoms with van der Waals surface area (Å²) in [5.41, 5.74) is 1.66. The third-order valence-electron chi connectivity index (χ3n) is 3.25. The van der Waals surface area contributed by atoms with Gasteiger partial charge in [0.05, 0.1) is 0 Å². The third kappa shape index (κ3) is 2.42. The second kappa shape index (κ2) is 5.33. The molecule has 0 saturated carbocycles. The van der Waals surface area contributed by atoms with Crippen molar-refractivity contribution in [3.63, 3.8) is 0 Å². The molecule has 0 fully saturated rings. The lowest BCUT2D eigenvalue weighted by Crippen LogP contribution is -2.18. The summed E-state index contributed by atoms with van der Waals surface area (Å²) in [7, 11) is 0. The summed E-state index contributed by atoms with van der Waals surface area (Å²) >= 11 is 0. The van der Waals surface area contributed by atoms with Gasteiger partial charge < -0.3 is 10.5 Å². The van der Waals surface area contributed by atoms with E-state index in [0.29, 0.717) is 21.4 Å². The molecule has 0 aliphatic heterocycles. The number of carbonyl (C=O) groups is 1. The molecule has 0 saturated heterocycles. The van der Waals surface area contributed by atoms with E-state index in [2.05, 4.69) is 10.3 Å². The fourth-order valence-corrected chi connectivity index (χ4v) is 2.35. The molecule has 3 rings (SSSR count). The van der Waals surface area contributed by atoms with Crippen molar-refractivity contribution < 1.29 is 10.0 Å². The Morgan fingerprint density at radius 1 is 1.23 bits per heavy atom. The fraction of sp³-hybridized carbons (Fsp3) is 0.0625. The number of rotatable bonds is 2. The molecule has 0 atom stereocenters. The molecule has 0 aliphatic carbocycles. The summed E-state index contributed by atoms with van der Waals surface area (Å²) in [6, 6.07) is 12.0. The Morgan fingerprint density at radius 3 is 2.82 bits per heavy atom. The van der Waals surface area contributed by atoms with Gasteiger partial charge in [0, 0.05) is 30.3 Å². The number of benzene rings is 1. The molecule has 0 spiro atoms. The Morgan fingerprint density at radius 2 is 2.05 bits per heavy atom. The summed E-state index contributed by atoms with van der Waals surface area (Å²) in [6.45, 7) is 1.43. The molecule has 0 radical (unpaired) electrons. The molecule has 0 unspecified atom stereocenters. The van der Waals surface area contributed by atoms with Gasteiger partial charge in [0.1, 0.15) is 0 Å². The maximum absolute atomic E-state index is 11.9. The Labute approximate surface area is 125 Å². The normalized spacial score (nSPS) is 10.6. The van der Waals surface area contributed by atoms with Gasteiger partial charge >= 0.3 is 0 Å². The second-order valence-electron chi connectivity index (χ2n) is 4.84. The number of hydrogen-bond acceptors (Lipinski definition) is 4. The molecule has 3 aromatic rings. The van der Waals surface area contributed by atoms with Crippen molar-refractivity contribution in [3.8, 4) is 11.1 Å². The Bertz CT molecular complexity index is 931. The number of anilines is 1. The zero-order valence-electron chi connectivity index (χ0n) is 11.8. The average Bonchev–Trinajstić information content (AvgIpc) is 2.50. The molecule has 22 heavy (non-hydrogen) atoms. The molecule has 0 bridgehead atoms. The van der Waals surface area contributed by atoms with E-state index in [-0.39, 0.29) is 11.6 Å². The monoisotopic (exact) mass is 295 g/mol. The lowest BCUT2D eigenvalue weighted by atomic mass is 10.0. The van der Waals surface area contributed by atoms with E-state index >= 15 is 0 Å². The van der Waals surface area contributed by atoms with E-state index in [1.807, 2.05) is 6.07 Å². The van der Waals surface area contributed by atoms with Gasteiger partial charge in [0.25, 0.3) is 5.56 Å².